The van der Waals surface area contributed by atoms with E-state index in [0.717, 1.165) is 11.3 Å². The van der Waals surface area contributed by atoms with Crippen molar-refractivity contribution < 1.29 is 14.6 Å². The lowest BCUT2D eigenvalue weighted by Crippen LogP contribution is -2.41. The molecule has 0 spiro atoms. The van der Waals surface area contributed by atoms with Gasteiger partial charge in [-0.3, -0.25) is 0 Å². The van der Waals surface area contributed by atoms with Gasteiger partial charge >= 0.3 is 0 Å². The molecule has 2 atom stereocenters. The van der Waals surface area contributed by atoms with Gasteiger partial charge in [0.1, 0.15) is 5.75 Å². The number of hydrogen-bond acceptors (Lipinski definition) is 3. The molecule has 3 heteroatoms. The molecule has 0 radical (unpaired) electrons. The molecule has 0 aliphatic carbocycles. The van der Waals surface area contributed by atoms with Crippen LogP contribution in [0.3, 0.4) is 0 Å². The van der Waals surface area contributed by atoms with Crippen molar-refractivity contribution in [1.82, 2.24) is 0 Å². The Kier molecular flexibility index (Phi) is 4.71. The molecule has 1 aliphatic heterocycles. The van der Waals surface area contributed by atoms with Crippen molar-refractivity contribution in [1.29, 1.82) is 0 Å². The van der Waals surface area contributed by atoms with Gasteiger partial charge in [0.2, 0.25) is 0 Å². The van der Waals surface area contributed by atoms with Crippen LogP contribution in [0.4, 0.5) is 0 Å². The monoisotopic (exact) mass is 278 g/mol. The lowest BCUT2D eigenvalue weighted by atomic mass is 9.80. The van der Waals surface area contributed by atoms with Crippen LogP contribution < -0.4 is 4.74 Å². The van der Waals surface area contributed by atoms with Crippen LogP contribution in [-0.2, 0) is 10.3 Å². The van der Waals surface area contributed by atoms with E-state index in [2.05, 4.69) is 13.8 Å². The maximum Gasteiger partial charge on any atom is 0.125 e. The Labute approximate surface area is 121 Å². The first-order chi connectivity index (χ1) is 9.42. The molecule has 1 heterocycles. The van der Waals surface area contributed by atoms with Crippen molar-refractivity contribution >= 4 is 0 Å². The van der Waals surface area contributed by atoms with Crippen molar-refractivity contribution in [3.8, 4) is 5.75 Å². The third-order valence-electron chi connectivity index (χ3n) is 3.88. The highest BCUT2D eigenvalue weighted by Gasteiger charge is 2.39. The van der Waals surface area contributed by atoms with Gasteiger partial charge < -0.3 is 14.6 Å². The summed E-state index contributed by atoms with van der Waals surface area (Å²) in [7, 11) is 0. The fraction of sp³-hybridized carbons (Fsp3) is 0.647. The van der Waals surface area contributed by atoms with Gasteiger partial charge in [-0.25, -0.2) is 0 Å². The van der Waals surface area contributed by atoms with Crippen molar-refractivity contribution in [3.05, 3.63) is 29.8 Å². The predicted octanol–water partition coefficient (Wildman–Crippen LogP) is 3.50. The first kappa shape index (κ1) is 15.3. The second-order valence-electron chi connectivity index (χ2n) is 6.30. The fourth-order valence-corrected chi connectivity index (χ4v) is 2.75. The van der Waals surface area contributed by atoms with E-state index in [1.165, 1.54) is 0 Å². The summed E-state index contributed by atoms with van der Waals surface area (Å²) in [6.07, 6.45) is 1.44. The van der Waals surface area contributed by atoms with Gasteiger partial charge in [-0.2, -0.15) is 0 Å². The standard InChI is InChI=1S/C17H26O3/c1-12(2)16-11-17(18,9-10-19-16)14-7-5-6-8-15(14)20-13(3)4/h5-8,12-13,16,18H,9-11H2,1-4H3. The van der Waals surface area contributed by atoms with Crippen LogP contribution in [-0.4, -0.2) is 23.9 Å². The second kappa shape index (κ2) is 6.15. The third-order valence-corrected chi connectivity index (χ3v) is 3.88. The van der Waals surface area contributed by atoms with E-state index in [0.29, 0.717) is 25.4 Å². The van der Waals surface area contributed by atoms with Crippen LogP contribution in [0.5, 0.6) is 5.75 Å². The highest BCUT2D eigenvalue weighted by Crippen LogP contribution is 2.40. The first-order valence-corrected chi connectivity index (χ1v) is 7.52. The Balaban J connectivity index is 2.29. The second-order valence-corrected chi connectivity index (χ2v) is 6.30. The van der Waals surface area contributed by atoms with E-state index in [-0.39, 0.29) is 12.2 Å². The molecule has 3 nitrogen and oxygen atoms in total. The zero-order valence-corrected chi connectivity index (χ0v) is 12.9. The lowest BCUT2D eigenvalue weighted by Gasteiger charge is -2.39. The molecule has 1 saturated heterocycles. The van der Waals surface area contributed by atoms with Gasteiger partial charge in [0.25, 0.3) is 0 Å². The van der Waals surface area contributed by atoms with Crippen LogP contribution in [0, 0.1) is 5.92 Å². The fourth-order valence-electron chi connectivity index (χ4n) is 2.75. The highest BCUT2D eigenvalue weighted by atomic mass is 16.5. The summed E-state index contributed by atoms with van der Waals surface area (Å²) in [6, 6.07) is 7.82. The summed E-state index contributed by atoms with van der Waals surface area (Å²) in [6.45, 7) is 8.86. The summed E-state index contributed by atoms with van der Waals surface area (Å²) in [5.41, 5.74) is 0.0428. The summed E-state index contributed by atoms with van der Waals surface area (Å²) in [5, 5.41) is 11.1. The first-order valence-electron chi connectivity index (χ1n) is 7.52. The van der Waals surface area contributed by atoms with E-state index in [4.69, 9.17) is 9.47 Å². The molecule has 0 bridgehead atoms. The summed E-state index contributed by atoms with van der Waals surface area (Å²) < 4.78 is 11.6. The third kappa shape index (κ3) is 3.33. The lowest BCUT2D eigenvalue weighted by molar-refractivity contribution is -0.122. The topological polar surface area (TPSA) is 38.7 Å². The van der Waals surface area contributed by atoms with Gasteiger partial charge in [-0.05, 0) is 25.8 Å². The minimum absolute atomic E-state index is 0.0977. The van der Waals surface area contributed by atoms with Crippen LogP contribution in [0.1, 0.15) is 46.1 Å². The number of hydrogen-bond donors (Lipinski definition) is 1. The molecule has 1 aromatic rings. The summed E-state index contributed by atoms with van der Waals surface area (Å²) >= 11 is 0. The van der Waals surface area contributed by atoms with E-state index in [9.17, 15) is 5.11 Å². The van der Waals surface area contributed by atoms with Crippen LogP contribution in [0.2, 0.25) is 0 Å². The predicted molar refractivity (Wildman–Crippen MR) is 79.9 cm³/mol. The van der Waals surface area contributed by atoms with Crippen LogP contribution in [0.15, 0.2) is 24.3 Å². The Morgan fingerprint density at radius 3 is 2.60 bits per heavy atom. The molecule has 1 aliphatic rings. The molecule has 0 aromatic heterocycles. The molecule has 1 fully saturated rings. The molecular formula is C17H26O3. The molecule has 1 aromatic carbocycles. The van der Waals surface area contributed by atoms with Gasteiger partial charge in [-0.15, -0.1) is 0 Å². The molecule has 112 valence electrons. The summed E-state index contributed by atoms with van der Waals surface area (Å²) in [4.78, 5) is 0. The maximum atomic E-state index is 11.1. The van der Waals surface area contributed by atoms with Crippen LogP contribution >= 0.6 is 0 Å². The quantitative estimate of drug-likeness (QED) is 0.916. The van der Waals surface area contributed by atoms with E-state index in [1.807, 2.05) is 38.1 Å². The Hall–Kier alpha value is -1.06. The number of rotatable bonds is 4. The Morgan fingerprint density at radius 2 is 1.95 bits per heavy atom. The van der Waals surface area contributed by atoms with Crippen molar-refractivity contribution in [3.63, 3.8) is 0 Å². The molecular weight excluding hydrogens is 252 g/mol. The molecule has 0 amide bonds. The normalized spacial score (nSPS) is 27.1. The molecule has 2 unspecified atom stereocenters. The van der Waals surface area contributed by atoms with Crippen molar-refractivity contribution in [2.24, 2.45) is 5.92 Å². The van der Waals surface area contributed by atoms with Crippen LogP contribution in [0.25, 0.3) is 0 Å². The van der Waals surface area contributed by atoms with E-state index in [1.54, 1.807) is 0 Å². The zero-order valence-electron chi connectivity index (χ0n) is 12.9. The SMILES string of the molecule is CC(C)Oc1ccccc1C1(O)CCOC(C(C)C)C1. The maximum absolute atomic E-state index is 11.1. The summed E-state index contributed by atoms with van der Waals surface area (Å²) in [5.74, 6) is 1.19. The van der Waals surface area contributed by atoms with E-state index < -0.39 is 5.60 Å². The van der Waals surface area contributed by atoms with Gasteiger partial charge in [-0.1, -0.05) is 32.0 Å². The molecule has 2 rings (SSSR count). The minimum atomic E-state index is -0.849. The molecule has 1 N–H and O–H groups in total. The van der Waals surface area contributed by atoms with Crippen molar-refractivity contribution in [2.75, 3.05) is 6.61 Å². The van der Waals surface area contributed by atoms with Gasteiger partial charge in [0.05, 0.1) is 24.4 Å². The zero-order chi connectivity index (χ0) is 14.8. The number of aliphatic hydroxyl groups is 1. The Bertz CT molecular complexity index is 442. The van der Waals surface area contributed by atoms with Gasteiger partial charge in [0, 0.05) is 18.4 Å². The Morgan fingerprint density at radius 1 is 1.25 bits per heavy atom. The largest absolute Gasteiger partial charge is 0.491 e. The smallest absolute Gasteiger partial charge is 0.125 e. The van der Waals surface area contributed by atoms with Gasteiger partial charge in [0.15, 0.2) is 0 Å². The molecule has 0 saturated carbocycles. The van der Waals surface area contributed by atoms with Crippen molar-refractivity contribution in [2.45, 2.75) is 58.3 Å². The number of benzene rings is 1. The average Bonchev–Trinajstić information content (AvgIpc) is 2.38. The minimum Gasteiger partial charge on any atom is -0.491 e. The number of para-hydroxylation sites is 1. The number of ether oxygens (including phenoxy) is 2. The highest BCUT2D eigenvalue weighted by molar-refractivity contribution is 5.38. The average molecular weight is 278 g/mol. The van der Waals surface area contributed by atoms with E-state index >= 15 is 0 Å². The molecule has 20 heavy (non-hydrogen) atoms.